The number of nitrogens with two attached hydrogens (primary N) is 1. The van der Waals surface area contributed by atoms with E-state index >= 15 is 0 Å². The minimum Gasteiger partial charge on any atom is -0.493 e. The minimum atomic E-state index is -0.337. The molecule has 3 nitrogen and oxygen atoms in total. The molecule has 0 amide bonds. The summed E-state index contributed by atoms with van der Waals surface area (Å²) in [6, 6.07) is 12.3. The zero-order valence-electron chi connectivity index (χ0n) is 10.6. The molecule has 104 valence electrons. The van der Waals surface area contributed by atoms with E-state index in [0.717, 1.165) is 15.8 Å². The van der Waals surface area contributed by atoms with Crippen molar-refractivity contribution >= 4 is 15.9 Å². The lowest BCUT2D eigenvalue weighted by molar-refractivity contribution is 0.298. The van der Waals surface area contributed by atoms with Gasteiger partial charge in [-0.1, -0.05) is 34.1 Å². The van der Waals surface area contributed by atoms with Crippen LogP contribution >= 0.6 is 15.9 Å². The lowest BCUT2D eigenvalue weighted by Gasteiger charge is -2.23. The van der Waals surface area contributed by atoms with E-state index in [-0.39, 0.29) is 17.8 Å². The van der Waals surface area contributed by atoms with E-state index in [1.165, 1.54) is 6.07 Å². The van der Waals surface area contributed by atoms with Crippen LogP contribution in [0.3, 0.4) is 0 Å². The number of ether oxygens (including phenoxy) is 1. The summed E-state index contributed by atoms with van der Waals surface area (Å²) in [5.74, 6) is 6.22. The van der Waals surface area contributed by atoms with Gasteiger partial charge in [0.25, 0.3) is 0 Å². The second-order valence-electron chi connectivity index (χ2n) is 4.77. The van der Waals surface area contributed by atoms with E-state index in [1.807, 2.05) is 24.3 Å². The first-order valence-corrected chi connectivity index (χ1v) is 7.13. The molecule has 1 aliphatic rings. The maximum Gasteiger partial charge on any atom is 0.128 e. The smallest absolute Gasteiger partial charge is 0.128 e. The summed E-state index contributed by atoms with van der Waals surface area (Å²) in [5, 5.41) is 0. The maximum absolute atomic E-state index is 14.1. The normalized spacial score (nSPS) is 18.4. The van der Waals surface area contributed by atoms with Gasteiger partial charge in [-0.2, -0.15) is 0 Å². The zero-order chi connectivity index (χ0) is 14.1. The third kappa shape index (κ3) is 2.32. The zero-order valence-corrected chi connectivity index (χ0v) is 12.2. The Balaban J connectivity index is 2.01. The van der Waals surface area contributed by atoms with Crippen molar-refractivity contribution in [2.24, 2.45) is 5.84 Å². The molecule has 0 aromatic heterocycles. The molecule has 0 saturated heterocycles. The van der Waals surface area contributed by atoms with Crippen LogP contribution in [0.1, 0.15) is 23.1 Å². The summed E-state index contributed by atoms with van der Waals surface area (Å²) < 4.78 is 20.6. The van der Waals surface area contributed by atoms with E-state index in [1.54, 1.807) is 12.1 Å². The topological polar surface area (TPSA) is 47.3 Å². The van der Waals surface area contributed by atoms with Gasteiger partial charge in [-0.3, -0.25) is 11.3 Å². The standard InChI is InChI=1S/C15H14BrFN2O/c16-9-5-6-13(17)11(7-9)15(19-18)12-8-20-14-4-2-1-3-10(12)14/h1-7,12,15,19H,8,18H2. The predicted octanol–water partition coefficient (Wildman–Crippen LogP) is 3.27. The summed E-state index contributed by atoms with van der Waals surface area (Å²) in [6.07, 6.45) is 0. The molecular formula is C15H14BrFN2O. The Morgan fingerprint density at radius 1 is 1.30 bits per heavy atom. The predicted molar refractivity (Wildman–Crippen MR) is 78.8 cm³/mol. The highest BCUT2D eigenvalue weighted by atomic mass is 79.9. The molecule has 0 radical (unpaired) electrons. The molecule has 3 N–H and O–H groups in total. The van der Waals surface area contributed by atoms with Gasteiger partial charge < -0.3 is 4.74 Å². The quantitative estimate of drug-likeness (QED) is 0.668. The summed E-state index contributed by atoms with van der Waals surface area (Å²) in [6.45, 7) is 0.486. The van der Waals surface area contributed by atoms with Gasteiger partial charge in [0.2, 0.25) is 0 Å². The van der Waals surface area contributed by atoms with E-state index in [9.17, 15) is 4.39 Å². The highest BCUT2D eigenvalue weighted by Gasteiger charge is 2.33. The number of hydrogen-bond acceptors (Lipinski definition) is 3. The van der Waals surface area contributed by atoms with Gasteiger partial charge in [0.15, 0.2) is 0 Å². The first-order chi connectivity index (χ1) is 9.70. The summed E-state index contributed by atoms with van der Waals surface area (Å²) in [7, 11) is 0. The first kappa shape index (κ1) is 13.5. The molecule has 0 aliphatic carbocycles. The number of para-hydroxylation sites is 1. The van der Waals surface area contributed by atoms with Crippen LogP contribution in [-0.2, 0) is 0 Å². The van der Waals surface area contributed by atoms with Crippen LogP contribution < -0.4 is 16.0 Å². The van der Waals surface area contributed by atoms with E-state index in [4.69, 9.17) is 10.6 Å². The molecule has 2 aromatic rings. The van der Waals surface area contributed by atoms with E-state index in [0.29, 0.717) is 12.2 Å². The molecule has 1 aliphatic heterocycles. The first-order valence-electron chi connectivity index (χ1n) is 6.33. The van der Waals surface area contributed by atoms with Crippen molar-refractivity contribution in [3.8, 4) is 5.75 Å². The van der Waals surface area contributed by atoms with Crippen LogP contribution in [0.2, 0.25) is 0 Å². The SMILES string of the molecule is NNC(c1cc(Br)ccc1F)C1COc2ccccc21. The second-order valence-corrected chi connectivity index (χ2v) is 5.68. The molecule has 0 saturated carbocycles. The van der Waals surface area contributed by atoms with Gasteiger partial charge in [0.05, 0.1) is 12.6 Å². The summed E-state index contributed by atoms with van der Waals surface area (Å²) >= 11 is 3.37. The van der Waals surface area contributed by atoms with Crippen LogP contribution in [0.15, 0.2) is 46.9 Å². The third-order valence-corrected chi connectivity index (χ3v) is 4.11. The highest BCUT2D eigenvalue weighted by molar-refractivity contribution is 9.10. The number of hydrazine groups is 1. The van der Waals surface area contributed by atoms with Crippen molar-refractivity contribution < 1.29 is 9.13 Å². The average molecular weight is 337 g/mol. The van der Waals surface area contributed by atoms with Gasteiger partial charge >= 0.3 is 0 Å². The number of nitrogens with one attached hydrogen (secondary N) is 1. The Bertz CT molecular complexity index is 635. The molecule has 5 heteroatoms. The van der Waals surface area contributed by atoms with Gasteiger partial charge in [-0.25, -0.2) is 4.39 Å². The van der Waals surface area contributed by atoms with Crippen molar-refractivity contribution in [3.63, 3.8) is 0 Å². The Labute approximate surface area is 125 Å². The fourth-order valence-corrected chi connectivity index (χ4v) is 3.02. The largest absolute Gasteiger partial charge is 0.493 e. The van der Waals surface area contributed by atoms with Crippen LogP contribution in [0.25, 0.3) is 0 Å². The molecule has 2 unspecified atom stereocenters. The molecule has 20 heavy (non-hydrogen) atoms. The number of fused-ring (bicyclic) bond motifs is 1. The average Bonchev–Trinajstić information content (AvgIpc) is 2.88. The van der Waals surface area contributed by atoms with Gasteiger partial charge in [0.1, 0.15) is 11.6 Å². The van der Waals surface area contributed by atoms with Crippen molar-refractivity contribution in [1.82, 2.24) is 5.43 Å². The summed E-state index contributed by atoms with van der Waals surface area (Å²) in [5.41, 5.74) is 4.31. The van der Waals surface area contributed by atoms with Crippen molar-refractivity contribution in [2.45, 2.75) is 12.0 Å². The molecule has 1 heterocycles. The second kappa shape index (κ2) is 5.52. The van der Waals surface area contributed by atoms with E-state index in [2.05, 4.69) is 21.4 Å². The Morgan fingerprint density at radius 2 is 2.10 bits per heavy atom. The molecule has 3 rings (SSSR count). The van der Waals surface area contributed by atoms with Gasteiger partial charge in [-0.05, 0) is 24.3 Å². The number of hydrogen-bond donors (Lipinski definition) is 2. The fourth-order valence-electron chi connectivity index (χ4n) is 2.64. The van der Waals surface area contributed by atoms with Crippen molar-refractivity contribution in [1.29, 1.82) is 0 Å². The molecule has 2 atom stereocenters. The highest BCUT2D eigenvalue weighted by Crippen LogP contribution is 2.41. The van der Waals surface area contributed by atoms with Crippen LogP contribution in [0.5, 0.6) is 5.75 Å². The molecular weight excluding hydrogens is 323 g/mol. The van der Waals surface area contributed by atoms with Crippen molar-refractivity contribution in [3.05, 3.63) is 63.9 Å². The lowest BCUT2D eigenvalue weighted by Crippen LogP contribution is -2.33. The lowest BCUT2D eigenvalue weighted by atomic mass is 9.89. The monoisotopic (exact) mass is 336 g/mol. The van der Waals surface area contributed by atoms with Crippen LogP contribution in [0.4, 0.5) is 4.39 Å². The van der Waals surface area contributed by atoms with Gasteiger partial charge in [0, 0.05) is 21.5 Å². The minimum absolute atomic E-state index is 0.0139. The maximum atomic E-state index is 14.1. The molecule has 0 bridgehead atoms. The Morgan fingerprint density at radius 3 is 2.90 bits per heavy atom. The number of benzene rings is 2. The third-order valence-electron chi connectivity index (χ3n) is 3.61. The molecule has 0 spiro atoms. The van der Waals surface area contributed by atoms with Crippen molar-refractivity contribution in [2.75, 3.05) is 6.61 Å². The number of rotatable bonds is 3. The van der Waals surface area contributed by atoms with E-state index < -0.39 is 0 Å². The van der Waals surface area contributed by atoms with Crippen LogP contribution in [0, 0.1) is 5.82 Å². The molecule has 0 fully saturated rings. The molecule has 2 aromatic carbocycles. The summed E-state index contributed by atoms with van der Waals surface area (Å²) in [4.78, 5) is 0. The van der Waals surface area contributed by atoms with Gasteiger partial charge in [-0.15, -0.1) is 0 Å². The van der Waals surface area contributed by atoms with Crippen LogP contribution in [-0.4, -0.2) is 6.61 Å². The fraction of sp³-hybridized carbons (Fsp3) is 0.200. The Kier molecular flexibility index (Phi) is 3.74. The Hall–Kier alpha value is -1.43. The number of halogens is 2.